The van der Waals surface area contributed by atoms with E-state index in [1.807, 2.05) is 47.1 Å². The minimum atomic E-state index is -0.173. The topological polar surface area (TPSA) is 86.6 Å². The summed E-state index contributed by atoms with van der Waals surface area (Å²) in [6, 6.07) is 9.04. The van der Waals surface area contributed by atoms with Crippen molar-refractivity contribution in [1.29, 1.82) is 0 Å². The number of aliphatic hydroxyl groups excluding tert-OH is 1. The zero-order valence-electron chi connectivity index (χ0n) is 16.6. The van der Waals surface area contributed by atoms with Gasteiger partial charge in [-0.1, -0.05) is 18.2 Å². The molecule has 152 valence electrons. The lowest BCUT2D eigenvalue weighted by Gasteiger charge is -2.39. The van der Waals surface area contributed by atoms with Crippen molar-refractivity contribution in [2.24, 2.45) is 5.41 Å². The second-order valence-corrected chi connectivity index (χ2v) is 8.17. The van der Waals surface area contributed by atoms with E-state index >= 15 is 0 Å². The molecule has 2 fully saturated rings. The summed E-state index contributed by atoms with van der Waals surface area (Å²) in [5.74, 6) is -0.128. The number of hydrogen-bond acceptors (Lipinski definition) is 5. The molecule has 29 heavy (non-hydrogen) atoms. The Labute approximate surface area is 170 Å². The van der Waals surface area contributed by atoms with Gasteiger partial charge in [0, 0.05) is 31.4 Å². The van der Waals surface area contributed by atoms with Gasteiger partial charge in [0.2, 0.25) is 0 Å². The van der Waals surface area contributed by atoms with Gasteiger partial charge < -0.3 is 14.9 Å². The number of amides is 2. The largest absolute Gasteiger partial charge is 0.394 e. The summed E-state index contributed by atoms with van der Waals surface area (Å²) < 4.78 is 0. The third kappa shape index (κ3) is 3.87. The molecule has 1 aromatic carbocycles. The van der Waals surface area contributed by atoms with Crippen LogP contribution in [0.5, 0.6) is 0 Å². The van der Waals surface area contributed by atoms with Crippen molar-refractivity contribution in [2.45, 2.75) is 32.2 Å². The van der Waals surface area contributed by atoms with Crippen LogP contribution in [0, 0.1) is 12.3 Å². The number of nitrogens with zero attached hydrogens (tertiary/aromatic N) is 4. The van der Waals surface area contributed by atoms with E-state index in [2.05, 4.69) is 9.97 Å². The maximum absolute atomic E-state index is 13.0. The summed E-state index contributed by atoms with van der Waals surface area (Å²) in [5, 5.41) is 9.88. The smallest absolute Gasteiger partial charge is 0.274 e. The fourth-order valence-corrected chi connectivity index (χ4v) is 4.52. The third-order valence-corrected chi connectivity index (χ3v) is 6.22. The van der Waals surface area contributed by atoms with Crippen LogP contribution in [-0.2, 0) is 0 Å². The number of rotatable bonds is 3. The first-order chi connectivity index (χ1) is 14.0. The van der Waals surface area contributed by atoms with Crippen LogP contribution in [0.15, 0.2) is 42.7 Å². The number of aliphatic hydroxyl groups is 1. The first kappa shape index (κ1) is 19.5. The van der Waals surface area contributed by atoms with Gasteiger partial charge >= 0.3 is 0 Å². The van der Waals surface area contributed by atoms with E-state index < -0.39 is 0 Å². The minimum Gasteiger partial charge on any atom is -0.394 e. The number of aromatic nitrogens is 2. The van der Waals surface area contributed by atoms with Crippen LogP contribution in [0.1, 0.15) is 45.8 Å². The second kappa shape index (κ2) is 7.91. The van der Waals surface area contributed by atoms with E-state index in [0.29, 0.717) is 30.9 Å². The molecule has 2 aliphatic heterocycles. The molecular formula is C22H26N4O3. The Balaban J connectivity index is 1.43. The van der Waals surface area contributed by atoms with Gasteiger partial charge in [-0.05, 0) is 43.7 Å². The minimum absolute atomic E-state index is 0.0324. The Morgan fingerprint density at radius 1 is 1.10 bits per heavy atom. The number of benzene rings is 1. The molecule has 2 amide bonds. The van der Waals surface area contributed by atoms with Crippen molar-refractivity contribution in [1.82, 2.24) is 19.8 Å². The summed E-state index contributed by atoms with van der Waals surface area (Å²) in [6.45, 7) is 3.67. The fraction of sp³-hybridized carbons (Fsp3) is 0.455. The maximum Gasteiger partial charge on any atom is 0.274 e. The highest BCUT2D eigenvalue weighted by molar-refractivity contribution is 5.94. The molecule has 0 bridgehead atoms. The quantitative estimate of drug-likeness (QED) is 0.859. The summed E-state index contributed by atoms with van der Waals surface area (Å²) in [4.78, 5) is 37.7. The van der Waals surface area contributed by atoms with Crippen molar-refractivity contribution >= 4 is 11.8 Å². The Hall–Kier alpha value is -2.80. The molecule has 1 spiro atoms. The highest BCUT2D eigenvalue weighted by Gasteiger charge is 2.47. The number of piperidine rings is 1. The predicted molar refractivity (Wildman–Crippen MR) is 107 cm³/mol. The van der Waals surface area contributed by atoms with Crippen molar-refractivity contribution < 1.29 is 14.7 Å². The highest BCUT2D eigenvalue weighted by Crippen LogP contribution is 2.43. The van der Waals surface area contributed by atoms with Crippen LogP contribution < -0.4 is 0 Å². The van der Waals surface area contributed by atoms with Gasteiger partial charge in [0.25, 0.3) is 11.8 Å². The van der Waals surface area contributed by atoms with E-state index in [9.17, 15) is 14.7 Å². The van der Waals surface area contributed by atoms with E-state index in [1.165, 1.54) is 6.20 Å². The number of aryl methyl sites for hydroxylation is 1. The van der Waals surface area contributed by atoms with Gasteiger partial charge in [0.05, 0.1) is 24.5 Å². The monoisotopic (exact) mass is 394 g/mol. The molecule has 0 radical (unpaired) electrons. The molecule has 0 aliphatic carbocycles. The van der Waals surface area contributed by atoms with Crippen LogP contribution in [0.3, 0.4) is 0 Å². The lowest BCUT2D eigenvalue weighted by molar-refractivity contribution is 0.0555. The number of carbonyl (C=O) groups is 2. The van der Waals surface area contributed by atoms with Crippen LogP contribution >= 0.6 is 0 Å². The van der Waals surface area contributed by atoms with Gasteiger partial charge in [-0.2, -0.15) is 0 Å². The Morgan fingerprint density at radius 3 is 2.45 bits per heavy atom. The molecule has 0 saturated carbocycles. The van der Waals surface area contributed by atoms with E-state index in [1.54, 1.807) is 6.20 Å². The molecule has 7 nitrogen and oxygen atoms in total. The van der Waals surface area contributed by atoms with Gasteiger partial charge in [-0.25, -0.2) is 4.98 Å². The lowest BCUT2D eigenvalue weighted by Crippen LogP contribution is -2.45. The number of likely N-dealkylation sites (tertiary alicyclic amines) is 2. The molecule has 1 aromatic heterocycles. The zero-order valence-corrected chi connectivity index (χ0v) is 16.6. The van der Waals surface area contributed by atoms with Gasteiger partial charge in [-0.15, -0.1) is 0 Å². The summed E-state index contributed by atoms with van der Waals surface area (Å²) in [7, 11) is 0. The molecule has 1 atom stereocenters. The lowest BCUT2D eigenvalue weighted by atomic mass is 9.76. The Kier molecular flexibility index (Phi) is 5.32. The SMILES string of the molecule is Cc1cnc(C(=O)N2CCC3(CC2)C[C@H](CO)N(C(=O)c2ccccc2)C3)cn1. The van der Waals surface area contributed by atoms with Crippen LogP contribution in [-0.4, -0.2) is 69.0 Å². The summed E-state index contributed by atoms with van der Waals surface area (Å²) in [5.41, 5.74) is 1.75. The van der Waals surface area contributed by atoms with E-state index in [-0.39, 0.29) is 29.9 Å². The van der Waals surface area contributed by atoms with Crippen molar-refractivity contribution in [3.8, 4) is 0 Å². The predicted octanol–water partition coefficient (Wildman–Crippen LogP) is 1.91. The Bertz CT molecular complexity index is 877. The van der Waals surface area contributed by atoms with Crippen LogP contribution in [0.25, 0.3) is 0 Å². The third-order valence-electron chi connectivity index (χ3n) is 6.22. The van der Waals surface area contributed by atoms with Crippen LogP contribution in [0.4, 0.5) is 0 Å². The van der Waals surface area contributed by atoms with Gasteiger partial charge in [0.1, 0.15) is 5.69 Å². The Morgan fingerprint density at radius 2 is 1.83 bits per heavy atom. The first-order valence-corrected chi connectivity index (χ1v) is 10.1. The van der Waals surface area contributed by atoms with Crippen molar-refractivity contribution in [3.05, 3.63) is 59.7 Å². The molecule has 3 heterocycles. The molecule has 2 aliphatic rings. The van der Waals surface area contributed by atoms with Gasteiger partial charge in [-0.3, -0.25) is 14.6 Å². The fourth-order valence-electron chi connectivity index (χ4n) is 4.52. The average Bonchev–Trinajstić information content (AvgIpc) is 3.12. The van der Waals surface area contributed by atoms with Crippen molar-refractivity contribution in [2.75, 3.05) is 26.2 Å². The highest BCUT2D eigenvalue weighted by atomic mass is 16.3. The van der Waals surface area contributed by atoms with Crippen molar-refractivity contribution in [3.63, 3.8) is 0 Å². The summed E-state index contributed by atoms with van der Waals surface area (Å²) >= 11 is 0. The molecule has 2 saturated heterocycles. The summed E-state index contributed by atoms with van der Waals surface area (Å²) in [6.07, 6.45) is 5.53. The molecule has 4 rings (SSSR count). The maximum atomic E-state index is 13.0. The number of hydrogen-bond donors (Lipinski definition) is 1. The normalized spacial score (nSPS) is 20.8. The molecule has 1 N–H and O–H groups in total. The molecule has 7 heteroatoms. The van der Waals surface area contributed by atoms with Gasteiger partial charge in [0.15, 0.2) is 0 Å². The van der Waals surface area contributed by atoms with E-state index in [4.69, 9.17) is 0 Å². The molecule has 0 unspecified atom stereocenters. The van der Waals surface area contributed by atoms with Crippen LogP contribution in [0.2, 0.25) is 0 Å². The second-order valence-electron chi connectivity index (χ2n) is 8.17. The van der Waals surface area contributed by atoms with E-state index in [0.717, 1.165) is 25.0 Å². The first-order valence-electron chi connectivity index (χ1n) is 10.1. The average molecular weight is 394 g/mol. The molecule has 2 aromatic rings. The zero-order chi connectivity index (χ0) is 20.4. The standard InChI is InChI=1S/C22H26N4O3/c1-16-12-24-19(13-23-16)21(29)25-9-7-22(8-10-25)11-18(14-27)26(15-22)20(28)17-5-3-2-4-6-17/h2-6,12-13,18,27H,7-11,14-15H2,1H3/t18-/m1/s1. The molecular weight excluding hydrogens is 368 g/mol. The number of carbonyl (C=O) groups excluding carboxylic acids is 2.